The average Bonchev–Trinajstić information content (AvgIpc) is 1.98. The molecule has 3 aliphatic heterocycles. The van der Waals surface area contributed by atoms with Gasteiger partial charge in [0.1, 0.15) is 0 Å². The Morgan fingerprint density at radius 3 is 2.79 bits per heavy atom. The quantitative estimate of drug-likeness (QED) is 0.645. The first kappa shape index (κ1) is 11.1. The number of hydrogen-bond acceptors (Lipinski definition) is 6. The van der Waals surface area contributed by atoms with Gasteiger partial charge in [0, 0.05) is 13.2 Å². The molecule has 0 saturated carbocycles. The third kappa shape index (κ3) is 2.08. The van der Waals surface area contributed by atoms with E-state index >= 15 is 0 Å². The maximum atomic E-state index is 5.61. The third-order valence-corrected chi connectivity index (χ3v) is 12.7. The number of fused-ring (bicyclic) bond motifs is 4. The number of hydrogen-bond donors (Lipinski definition) is 0. The van der Waals surface area contributed by atoms with Crippen LogP contribution >= 0.6 is 0 Å². The van der Waals surface area contributed by atoms with Crippen LogP contribution in [-0.4, -0.2) is 43.7 Å². The predicted octanol–water partition coefficient (Wildman–Crippen LogP) is -0.210. The normalized spacial score (nSPS) is 43.9. The summed E-state index contributed by atoms with van der Waals surface area (Å²) in [6.45, 7) is 6.09. The van der Waals surface area contributed by atoms with Crippen LogP contribution in [0, 0.1) is 0 Å². The van der Waals surface area contributed by atoms with Crippen molar-refractivity contribution < 1.29 is 25.0 Å². The Balaban J connectivity index is 2.01. The molecule has 3 radical (unpaired) electrons. The SMILES string of the molecule is CCO[Si]12O[Si]O[Si](C)O[Si](C)(O1)O2. The summed E-state index contributed by atoms with van der Waals surface area (Å²) in [5.41, 5.74) is 0. The highest BCUT2D eigenvalue weighted by atomic mass is 28.6. The minimum Gasteiger partial charge on any atom is -0.413 e. The zero-order chi connectivity index (χ0) is 10.2. The van der Waals surface area contributed by atoms with Crippen molar-refractivity contribution in [2.45, 2.75) is 20.0 Å². The summed E-state index contributed by atoms with van der Waals surface area (Å²) in [6, 6.07) is 0. The minimum atomic E-state index is -2.84. The van der Waals surface area contributed by atoms with Crippen LogP contribution in [0.15, 0.2) is 0 Å². The molecular weight excluding hydrogens is 256 g/mol. The Morgan fingerprint density at radius 2 is 2.14 bits per heavy atom. The fourth-order valence-electron chi connectivity index (χ4n) is 1.22. The Bertz CT molecular complexity index is 220. The van der Waals surface area contributed by atoms with Crippen molar-refractivity contribution >= 4 is 37.1 Å². The van der Waals surface area contributed by atoms with Gasteiger partial charge in [0.05, 0.1) is 0 Å². The molecule has 10 heteroatoms. The molecule has 3 saturated heterocycles. The topological polar surface area (TPSA) is 55.4 Å². The maximum Gasteiger partial charge on any atom is 0.655 e. The summed E-state index contributed by atoms with van der Waals surface area (Å²) in [6.07, 6.45) is 0. The summed E-state index contributed by atoms with van der Waals surface area (Å²) in [7, 11) is -6.71. The van der Waals surface area contributed by atoms with Crippen molar-refractivity contribution in [3.63, 3.8) is 0 Å². The molecule has 2 bridgehead atoms. The molecular formula is C4H11O6Si4. The van der Waals surface area contributed by atoms with Gasteiger partial charge in [-0.2, -0.15) is 0 Å². The maximum absolute atomic E-state index is 5.61. The fourth-order valence-corrected chi connectivity index (χ4v) is 12.2. The van der Waals surface area contributed by atoms with Crippen molar-refractivity contribution in [3.05, 3.63) is 0 Å². The van der Waals surface area contributed by atoms with Crippen LogP contribution < -0.4 is 0 Å². The molecule has 0 aliphatic carbocycles. The molecule has 0 aromatic carbocycles. The smallest absolute Gasteiger partial charge is 0.413 e. The lowest BCUT2D eigenvalue weighted by atomic mass is 10.9. The van der Waals surface area contributed by atoms with Crippen LogP contribution in [0.1, 0.15) is 6.92 Å². The largest absolute Gasteiger partial charge is 0.655 e. The molecule has 14 heavy (non-hydrogen) atoms. The van der Waals surface area contributed by atoms with E-state index in [2.05, 4.69) is 0 Å². The van der Waals surface area contributed by atoms with Crippen molar-refractivity contribution in [3.8, 4) is 0 Å². The van der Waals surface area contributed by atoms with Gasteiger partial charge >= 0.3 is 37.1 Å². The van der Waals surface area contributed by atoms with Gasteiger partial charge in [-0.05, 0) is 13.5 Å². The van der Waals surface area contributed by atoms with Gasteiger partial charge < -0.3 is 25.0 Å². The summed E-state index contributed by atoms with van der Waals surface area (Å²) < 4.78 is 32.8. The van der Waals surface area contributed by atoms with Gasteiger partial charge in [-0.3, -0.25) is 0 Å². The minimum absolute atomic E-state index is 0.115. The second-order valence-electron chi connectivity index (χ2n) is 2.88. The van der Waals surface area contributed by atoms with Crippen LogP contribution in [0.5, 0.6) is 0 Å². The van der Waals surface area contributed by atoms with Crippen LogP contribution in [0.3, 0.4) is 0 Å². The Kier molecular flexibility index (Phi) is 3.09. The second kappa shape index (κ2) is 3.89. The van der Waals surface area contributed by atoms with Crippen molar-refractivity contribution in [2.75, 3.05) is 6.61 Å². The molecule has 0 aromatic heterocycles. The van der Waals surface area contributed by atoms with Crippen LogP contribution in [0.25, 0.3) is 0 Å². The predicted molar refractivity (Wildman–Crippen MR) is 51.8 cm³/mol. The molecule has 3 fully saturated rings. The Labute approximate surface area is 89.2 Å². The summed E-state index contributed by atoms with van der Waals surface area (Å²) in [5, 5.41) is 0. The first-order valence-electron chi connectivity index (χ1n) is 4.24. The van der Waals surface area contributed by atoms with Gasteiger partial charge in [-0.15, -0.1) is 0 Å². The first-order valence-corrected chi connectivity index (χ1v) is 10.7. The Morgan fingerprint density at radius 1 is 1.43 bits per heavy atom. The monoisotopic (exact) mass is 267 g/mol. The van der Waals surface area contributed by atoms with Crippen LogP contribution in [-0.2, 0) is 25.0 Å². The fraction of sp³-hybridized carbons (Fsp3) is 1.00. The molecule has 0 aromatic rings. The molecule has 0 amide bonds. The Hall–Kier alpha value is 0.628. The van der Waals surface area contributed by atoms with E-state index in [0.717, 1.165) is 0 Å². The van der Waals surface area contributed by atoms with Crippen molar-refractivity contribution in [1.82, 2.24) is 0 Å². The van der Waals surface area contributed by atoms with Crippen molar-refractivity contribution in [2.24, 2.45) is 0 Å². The molecule has 0 N–H and O–H groups in total. The lowest BCUT2D eigenvalue weighted by molar-refractivity contribution is -0.0207. The number of rotatable bonds is 2. The van der Waals surface area contributed by atoms with Gasteiger partial charge in [0.15, 0.2) is 0 Å². The summed E-state index contributed by atoms with van der Waals surface area (Å²) in [5.74, 6) is 0. The molecule has 0 atom stereocenters. The molecule has 6 nitrogen and oxygen atoms in total. The van der Waals surface area contributed by atoms with Crippen LogP contribution in [0.2, 0.25) is 13.1 Å². The standard InChI is InChI=1S/C4H11O6Si4/c1-4-5-14-7-11-6-12(2)8-13(3,9-14)10-14/h4H2,1-3H3. The molecule has 3 heterocycles. The molecule has 79 valence electrons. The summed E-state index contributed by atoms with van der Waals surface area (Å²) >= 11 is 0. The van der Waals surface area contributed by atoms with E-state index in [9.17, 15) is 0 Å². The second-order valence-corrected chi connectivity index (χ2v) is 11.1. The van der Waals surface area contributed by atoms with E-state index < -0.39 is 27.1 Å². The molecule has 0 unspecified atom stereocenters. The zero-order valence-electron chi connectivity index (χ0n) is 8.16. The van der Waals surface area contributed by atoms with Crippen molar-refractivity contribution in [1.29, 1.82) is 0 Å². The van der Waals surface area contributed by atoms with E-state index in [0.29, 0.717) is 6.61 Å². The highest BCUT2D eigenvalue weighted by Gasteiger charge is 2.69. The molecule has 3 aliphatic rings. The lowest BCUT2D eigenvalue weighted by Gasteiger charge is -2.48. The molecule has 3 rings (SSSR count). The first-order chi connectivity index (χ1) is 6.58. The van der Waals surface area contributed by atoms with Gasteiger partial charge in [0.2, 0.25) is 0 Å². The van der Waals surface area contributed by atoms with Gasteiger partial charge in [-0.25, -0.2) is 0 Å². The average molecular weight is 267 g/mol. The highest BCUT2D eigenvalue weighted by molar-refractivity contribution is 6.89. The van der Waals surface area contributed by atoms with E-state index in [1.54, 1.807) is 0 Å². The zero-order valence-corrected chi connectivity index (χ0v) is 12.2. The van der Waals surface area contributed by atoms with Gasteiger partial charge in [-0.1, -0.05) is 0 Å². The lowest BCUT2D eigenvalue weighted by Crippen LogP contribution is -2.76. The van der Waals surface area contributed by atoms with E-state index in [1.165, 1.54) is 0 Å². The van der Waals surface area contributed by atoms with E-state index in [-0.39, 0.29) is 10.0 Å². The van der Waals surface area contributed by atoms with Crippen LogP contribution in [0.4, 0.5) is 0 Å². The highest BCUT2D eigenvalue weighted by Crippen LogP contribution is 2.34. The van der Waals surface area contributed by atoms with E-state index in [1.807, 2.05) is 20.0 Å². The molecule has 0 spiro atoms. The van der Waals surface area contributed by atoms with E-state index in [4.69, 9.17) is 25.0 Å². The third-order valence-electron chi connectivity index (χ3n) is 1.62. The van der Waals surface area contributed by atoms with Gasteiger partial charge in [0.25, 0.3) is 0 Å². The summed E-state index contributed by atoms with van der Waals surface area (Å²) in [4.78, 5) is 0.